The second-order valence-corrected chi connectivity index (χ2v) is 7.18. The van der Waals surface area contributed by atoms with E-state index >= 15 is 0 Å². The molecule has 1 aromatic rings. The molecular formula is C16H24ClNO4S. The van der Waals surface area contributed by atoms with Crippen LogP contribution in [0, 0.1) is 5.92 Å². The third-order valence-electron chi connectivity index (χ3n) is 3.54. The highest BCUT2D eigenvalue weighted by Gasteiger charge is 2.26. The van der Waals surface area contributed by atoms with Gasteiger partial charge in [0.05, 0.1) is 16.2 Å². The Morgan fingerprint density at radius 3 is 2.61 bits per heavy atom. The summed E-state index contributed by atoms with van der Waals surface area (Å²) in [5.41, 5.74) is 0. The lowest BCUT2D eigenvalue weighted by Gasteiger charge is -2.27. The van der Waals surface area contributed by atoms with Crippen molar-refractivity contribution in [3.8, 4) is 0 Å². The van der Waals surface area contributed by atoms with Crippen molar-refractivity contribution in [3.05, 3.63) is 21.3 Å². The number of nitrogens with zero attached hydrogens (tertiary/aromatic N) is 1. The zero-order valence-corrected chi connectivity index (χ0v) is 15.3. The Labute approximate surface area is 146 Å². The zero-order valence-electron chi connectivity index (χ0n) is 13.8. The number of ether oxygens (including phenoxy) is 1. The molecule has 0 bridgehead atoms. The maximum Gasteiger partial charge on any atom is 0.308 e. The fourth-order valence-corrected chi connectivity index (χ4v) is 3.26. The van der Waals surface area contributed by atoms with Crippen molar-refractivity contribution in [2.24, 2.45) is 5.92 Å². The van der Waals surface area contributed by atoms with E-state index in [1.165, 1.54) is 11.3 Å². The monoisotopic (exact) mass is 361 g/mol. The van der Waals surface area contributed by atoms with Crippen LogP contribution in [0.3, 0.4) is 0 Å². The number of rotatable bonds is 10. The van der Waals surface area contributed by atoms with Crippen molar-refractivity contribution in [1.29, 1.82) is 0 Å². The largest absolute Gasteiger partial charge is 0.481 e. The lowest BCUT2D eigenvalue weighted by molar-refractivity contribution is -0.143. The van der Waals surface area contributed by atoms with Crippen LogP contribution in [0.5, 0.6) is 0 Å². The molecule has 0 saturated carbocycles. The molecule has 1 N–H and O–H groups in total. The van der Waals surface area contributed by atoms with E-state index in [1.807, 2.05) is 19.9 Å². The molecule has 1 heterocycles. The Kier molecular flexibility index (Phi) is 8.58. The van der Waals surface area contributed by atoms with E-state index < -0.39 is 11.9 Å². The van der Waals surface area contributed by atoms with Crippen LogP contribution in [0.15, 0.2) is 12.1 Å². The molecule has 0 saturated heterocycles. The zero-order chi connectivity index (χ0) is 17.4. The summed E-state index contributed by atoms with van der Waals surface area (Å²) in [5, 5.41) is 9.10. The van der Waals surface area contributed by atoms with E-state index in [0.29, 0.717) is 30.5 Å². The van der Waals surface area contributed by atoms with Crippen LogP contribution in [-0.2, 0) is 14.3 Å². The minimum absolute atomic E-state index is 0.0758. The molecule has 1 rings (SSSR count). The van der Waals surface area contributed by atoms with Gasteiger partial charge in [-0.2, -0.15) is 0 Å². The van der Waals surface area contributed by atoms with Gasteiger partial charge in [0, 0.05) is 31.2 Å². The summed E-state index contributed by atoms with van der Waals surface area (Å²) in [7, 11) is 0. The second-order valence-electron chi connectivity index (χ2n) is 5.44. The molecule has 5 nitrogen and oxygen atoms in total. The van der Waals surface area contributed by atoms with Crippen LogP contribution in [0.1, 0.15) is 38.0 Å². The molecule has 1 amide bonds. The highest BCUT2D eigenvalue weighted by Crippen LogP contribution is 2.29. The number of carboxylic acids is 1. The maximum absolute atomic E-state index is 12.7. The molecule has 7 heteroatoms. The van der Waals surface area contributed by atoms with Gasteiger partial charge in [0.25, 0.3) is 0 Å². The van der Waals surface area contributed by atoms with Crippen molar-refractivity contribution in [3.63, 3.8) is 0 Å². The van der Waals surface area contributed by atoms with E-state index in [0.717, 1.165) is 4.88 Å². The lowest BCUT2D eigenvalue weighted by Crippen LogP contribution is -2.40. The number of hydrogen-bond acceptors (Lipinski definition) is 4. The predicted octanol–water partition coefficient (Wildman–Crippen LogP) is 3.48. The van der Waals surface area contributed by atoms with Gasteiger partial charge in [-0.05, 0) is 32.4 Å². The summed E-state index contributed by atoms with van der Waals surface area (Å²) in [4.78, 5) is 26.3. The number of hydrogen-bond donors (Lipinski definition) is 1. The third kappa shape index (κ3) is 6.49. The fraction of sp³-hybridized carbons (Fsp3) is 0.625. The first-order valence-corrected chi connectivity index (χ1v) is 8.90. The van der Waals surface area contributed by atoms with Gasteiger partial charge in [0.1, 0.15) is 0 Å². The van der Waals surface area contributed by atoms with Gasteiger partial charge < -0.3 is 14.7 Å². The summed E-state index contributed by atoms with van der Waals surface area (Å²) in [6.07, 6.45) is 0.684. The highest BCUT2D eigenvalue weighted by atomic mass is 35.5. The van der Waals surface area contributed by atoms with Crippen molar-refractivity contribution in [2.75, 3.05) is 26.3 Å². The molecule has 0 spiro atoms. The van der Waals surface area contributed by atoms with Crippen LogP contribution < -0.4 is 0 Å². The molecule has 0 radical (unpaired) electrons. The van der Waals surface area contributed by atoms with Crippen molar-refractivity contribution in [2.45, 2.75) is 33.1 Å². The molecular weight excluding hydrogens is 338 g/mol. The first-order chi connectivity index (χ1) is 10.9. The van der Waals surface area contributed by atoms with Gasteiger partial charge in [0.2, 0.25) is 5.91 Å². The fourth-order valence-electron chi connectivity index (χ4n) is 2.16. The molecule has 2 atom stereocenters. The van der Waals surface area contributed by atoms with Gasteiger partial charge in [-0.1, -0.05) is 18.5 Å². The quantitative estimate of drug-likeness (QED) is 0.648. The average Bonchev–Trinajstić information content (AvgIpc) is 2.95. The Morgan fingerprint density at radius 1 is 1.39 bits per heavy atom. The van der Waals surface area contributed by atoms with E-state index in [-0.39, 0.29) is 18.4 Å². The highest BCUT2D eigenvalue weighted by molar-refractivity contribution is 7.16. The normalized spacial score (nSPS) is 13.6. The number of halogens is 1. The molecule has 130 valence electrons. The van der Waals surface area contributed by atoms with Crippen LogP contribution >= 0.6 is 22.9 Å². The number of carbonyl (C=O) groups excluding carboxylic acids is 1. The second kappa shape index (κ2) is 9.90. The van der Waals surface area contributed by atoms with E-state index in [4.69, 9.17) is 21.4 Å². The SMILES string of the molecule is CCOCCCN(CC(C)C(=O)O)C(=O)C(C)c1ccc(Cl)s1. The summed E-state index contributed by atoms with van der Waals surface area (Å²) < 4.78 is 5.94. The smallest absolute Gasteiger partial charge is 0.308 e. The molecule has 0 fully saturated rings. The molecule has 0 aromatic carbocycles. The standard InChI is InChI=1S/C16H24ClNO4S/c1-4-22-9-5-8-18(10-11(2)16(20)21)15(19)12(3)13-6-7-14(17)23-13/h6-7,11-12H,4-5,8-10H2,1-3H3,(H,20,21). The van der Waals surface area contributed by atoms with Crippen molar-refractivity contribution < 1.29 is 19.4 Å². The van der Waals surface area contributed by atoms with Gasteiger partial charge in [-0.15, -0.1) is 11.3 Å². The van der Waals surface area contributed by atoms with Gasteiger partial charge >= 0.3 is 5.97 Å². The number of thiophene rings is 1. The van der Waals surface area contributed by atoms with E-state index in [1.54, 1.807) is 17.9 Å². The van der Waals surface area contributed by atoms with Gasteiger partial charge in [-0.25, -0.2) is 0 Å². The number of carboxylic acid groups (broad SMARTS) is 1. The molecule has 0 aliphatic heterocycles. The van der Waals surface area contributed by atoms with Crippen LogP contribution in [0.25, 0.3) is 0 Å². The summed E-state index contributed by atoms with van der Waals surface area (Å²) >= 11 is 7.31. The molecule has 2 unspecified atom stereocenters. The minimum Gasteiger partial charge on any atom is -0.481 e. The lowest BCUT2D eigenvalue weighted by atomic mass is 10.1. The topological polar surface area (TPSA) is 66.8 Å². The van der Waals surface area contributed by atoms with Crippen LogP contribution in [0.4, 0.5) is 0 Å². The van der Waals surface area contributed by atoms with Crippen molar-refractivity contribution in [1.82, 2.24) is 4.90 Å². The maximum atomic E-state index is 12.7. The Balaban J connectivity index is 2.75. The summed E-state index contributed by atoms with van der Waals surface area (Å²) in [5.74, 6) is -1.92. The van der Waals surface area contributed by atoms with E-state index in [9.17, 15) is 9.59 Å². The molecule has 1 aromatic heterocycles. The van der Waals surface area contributed by atoms with Crippen molar-refractivity contribution >= 4 is 34.8 Å². The van der Waals surface area contributed by atoms with Crippen LogP contribution in [-0.4, -0.2) is 48.2 Å². The van der Waals surface area contributed by atoms with E-state index in [2.05, 4.69) is 0 Å². The minimum atomic E-state index is -0.903. The van der Waals surface area contributed by atoms with Crippen LogP contribution in [0.2, 0.25) is 4.34 Å². The first kappa shape index (κ1) is 19.9. The Hall–Kier alpha value is -1.11. The predicted molar refractivity (Wildman–Crippen MR) is 92.2 cm³/mol. The third-order valence-corrected chi connectivity index (χ3v) is 4.95. The average molecular weight is 362 g/mol. The Bertz CT molecular complexity index is 520. The molecule has 0 aliphatic carbocycles. The first-order valence-electron chi connectivity index (χ1n) is 7.71. The van der Waals surface area contributed by atoms with Gasteiger partial charge in [-0.3, -0.25) is 9.59 Å². The molecule has 23 heavy (non-hydrogen) atoms. The summed E-state index contributed by atoms with van der Waals surface area (Å²) in [6.45, 7) is 7.22. The number of amides is 1. The summed E-state index contributed by atoms with van der Waals surface area (Å²) in [6, 6.07) is 3.61. The molecule has 0 aliphatic rings. The van der Waals surface area contributed by atoms with Gasteiger partial charge in [0.15, 0.2) is 0 Å². The number of carbonyl (C=O) groups is 2. The number of aliphatic carboxylic acids is 1. The Morgan fingerprint density at radius 2 is 2.09 bits per heavy atom.